The highest BCUT2D eigenvalue weighted by molar-refractivity contribution is 7.10. The maximum absolute atomic E-state index is 13.7. The number of nitrogens with one attached hydrogen (secondary N) is 1. The van der Waals surface area contributed by atoms with Gasteiger partial charge >= 0.3 is 0 Å². The van der Waals surface area contributed by atoms with Crippen LogP contribution in [0.2, 0.25) is 0 Å². The molecular weight excluding hydrogens is 311 g/mol. The monoisotopic (exact) mass is 326 g/mol. The minimum absolute atomic E-state index is 0.0942. The van der Waals surface area contributed by atoms with Crippen LogP contribution in [-0.2, 0) is 17.8 Å². The summed E-state index contributed by atoms with van der Waals surface area (Å²) in [5.41, 5.74) is 2.07. The molecule has 0 spiro atoms. The van der Waals surface area contributed by atoms with Crippen molar-refractivity contribution in [3.05, 3.63) is 76.4 Å². The summed E-state index contributed by atoms with van der Waals surface area (Å²) >= 11 is 1.36. The summed E-state index contributed by atoms with van der Waals surface area (Å²) < 4.78 is 13.7. The van der Waals surface area contributed by atoms with Crippen molar-refractivity contribution < 1.29 is 9.18 Å². The van der Waals surface area contributed by atoms with Gasteiger partial charge in [-0.2, -0.15) is 0 Å². The van der Waals surface area contributed by atoms with Gasteiger partial charge in [0.1, 0.15) is 10.8 Å². The third-order valence-electron chi connectivity index (χ3n) is 3.35. The van der Waals surface area contributed by atoms with E-state index in [1.54, 1.807) is 23.6 Å². The van der Waals surface area contributed by atoms with E-state index in [1.165, 1.54) is 17.4 Å². The number of aromatic nitrogens is 1. The Morgan fingerprint density at radius 1 is 1.09 bits per heavy atom. The zero-order chi connectivity index (χ0) is 16.1. The normalized spacial score (nSPS) is 10.5. The smallest absolute Gasteiger partial charge is 0.227 e. The molecule has 116 valence electrons. The largest absolute Gasteiger partial charge is 0.352 e. The van der Waals surface area contributed by atoms with Crippen LogP contribution in [0.25, 0.3) is 11.3 Å². The molecule has 2 aromatic carbocycles. The van der Waals surface area contributed by atoms with Gasteiger partial charge in [0.15, 0.2) is 0 Å². The summed E-state index contributed by atoms with van der Waals surface area (Å²) in [5, 5.41) is 5.31. The Morgan fingerprint density at radius 2 is 1.83 bits per heavy atom. The molecule has 1 N–H and O–H groups in total. The fourth-order valence-electron chi connectivity index (χ4n) is 2.18. The third-order valence-corrected chi connectivity index (χ3v) is 4.19. The minimum atomic E-state index is -0.308. The molecule has 1 heterocycles. The summed E-state index contributed by atoms with van der Waals surface area (Å²) in [5.74, 6) is -0.402. The molecule has 0 radical (unpaired) electrons. The number of thiazole rings is 1. The van der Waals surface area contributed by atoms with Gasteiger partial charge in [-0.25, -0.2) is 9.37 Å². The number of amides is 1. The molecule has 0 saturated carbocycles. The van der Waals surface area contributed by atoms with E-state index >= 15 is 0 Å². The molecule has 0 fully saturated rings. The highest BCUT2D eigenvalue weighted by Crippen LogP contribution is 2.24. The lowest BCUT2D eigenvalue weighted by atomic mass is 10.1. The Kier molecular flexibility index (Phi) is 4.78. The second-order valence-electron chi connectivity index (χ2n) is 5.05. The van der Waals surface area contributed by atoms with Crippen molar-refractivity contribution >= 4 is 17.2 Å². The molecular formula is C18H15FN2OS. The van der Waals surface area contributed by atoms with E-state index in [0.717, 1.165) is 5.56 Å². The molecule has 0 bridgehead atoms. The SMILES string of the molecule is O=C(Cc1nc(-c2ccccc2F)cs1)NCc1ccccc1. The van der Waals surface area contributed by atoms with Crippen LogP contribution in [0.15, 0.2) is 60.0 Å². The predicted octanol–water partition coefficient (Wildman–Crippen LogP) is 3.81. The molecule has 5 heteroatoms. The molecule has 0 unspecified atom stereocenters. The first-order valence-corrected chi connectivity index (χ1v) is 8.10. The first-order chi connectivity index (χ1) is 11.2. The summed E-state index contributed by atoms with van der Waals surface area (Å²) in [6.45, 7) is 0.491. The number of carbonyl (C=O) groups excluding carboxylic acids is 1. The zero-order valence-corrected chi connectivity index (χ0v) is 13.1. The lowest BCUT2D eigenvalue weighted by molar-refractivity contribution is -0.120. The van der Waals surface area contributed by atoms with Crippen LogP contribution in [0, 0.1) is 5.82 Å². The van der Waals surface area contributed by atoms with Gasteiger partial charge in [0.2, 0.25) is 5.91 Å². The van der Waals surface area contributed by atoms with Crippen molar-refractivity contribution in [1.29, 1.82) is 0 Å². The first-order valence-electron chi connectivity index (χ1n) is 7.22. The number of carbonyl (C=O) groups is 1. The Hall–Kier alpha value is -2.53. The van der Waals surface area contributed by atoms with Crippen molar-refractivity contribution in [2.75, 3.05) is 0 Å². The lowest BCUT2D eigenvalue weighted by Gasteiger charge is -2.03. The Balaban J connectivity index is 1.61. The maximum Gasteiger partial charge on any atom is 0.227 e. The van der Waals surface area contributed by atoms with Gasteiger partial charge in [0, 0.05) is 17.5 Å². The topological polar surface area (TPSA) is 42.0 Å². The second kappa shape index (κ2) is 7.15. The zero-order valence-electron chi connectivity index (χ0n) is 12.3. The number of hydrogen-bond donors (Lipinski definition) is 1. The number of hydrogen-bond acceptors (Lipinski definition) is 3. The van der Waals surface area contributed by atoms with Crippen LogP contribution in [0.1, 0.15) is 10.6 Å². The van der Waals surface area contributed by atoms with Crippen LogP contribution in [0.4, 0.5) is 4.39 Å². The Morgan fingerprint density at radius 3 is 2.61 bits per heavy atom. The van der Waals surface area contributed by atoms with Gasteiger partial charge < -0.3 is 5.32 Å². The van der Waals surface area contributed by atoms with E-state index in [2.05, 4.69) is 10.3 Å². The molecule has 0 aliphatic carbocycles. The molecule has 3 aromatic rings. The van der Waals surface area contributed by atoms with Gasteiger partial charge in [-0.3, -0.25) is 4.79 Å². The van der Waals surface area contributed by atoms with Gasteiger partial charge in [-0.05, 0) is 17.7 Å². The van der Waals surface area contributed by atoms with Crippen molar-refractivity contribution in [3.8, 4) is 11.3 Å². The molecule has 0 saturated heterocycles. The van der Waals surface area contributed by atoms with Crippen LogP contribution >= 0.6 is 11.3 Å². The van der Waals surface area contributed by atoms with Gasteiger partial charge in [-0.1, -0.05) is 42.5 Å². The van der Waals surface area contributed by atoms with Crippen LogP contribution in [-0.4, -0.2) is 10.9 Å². The summed E-state index contributed by atoms with van der Waals surface area (Å²) in [4.78, 5) is 16.3. The van der Waals surface area contributed by atoms with Gasteiger partial charge in [0.05, 0.1) is 12.1 Å². The average molecular weight is 326 g/mol. The number of benzene rings is 2. The fourth-order valence-corrected chi connectivity index (χ4v) is 2.97. The van der Waals surface area contributed by atoms with E-state index in [9.17, 15) is 9.18 Å². The Labute approximate surface area is 137 Å². The molecule has 0 aliphatic rings. The quantitative estimate of drug-likeness (QED) is 0.775. The molecule has 23 heavy (non-hydrogen) atoms. The summed E-state index contributed by atoms with van der Waals surface area (Å²) in [7, 11) is 0. The minimum Gasteiger partial charge on any atom is -0.352 e. The Bertz CT molecular complexity index is 802. The number of halogens is 1. The summed E-state index contributed by atoms with van der Waals surface area (Å²) in [6, 6.07) is 16.2. The van der Waals surface area contributed by atoms with Crippen molar-refractivity contribution in [3.63, 3.8) is 0 Å². The molecule has 0 atom stereocenters. The third kappa shape index (κ3) is 4.02. The number of rotatable bonds is 5. The molecule has 0 aliphatic heterocycles. The van der Waals surface area contributed by atoms with E-state index in [0.29, 0.717) is 22.8 Å². The van der Waals surface area contributed by atoms with Gasteiger partial charge in [0.25, 0.3) is 0 Å². The van der Waals surface area contributed by atoms with E-state index in [4.69, 9.17) is 0 Å². The van der Waals surface area contributed by atoms with Crippen LogP contribution in [0.5, 0.6) is 0 Å². The van der Waals surface area contributed by atoms with E-state index in [1.807, 2.05) is 30.3 Å². The highest BCUT2D eigenvalue weighted by atomic mass is 32.1. The lowest BCUT2D eigenvalue weighted by Crippen LogP contribution is -2.24. The standard InChI is InChI=1S/C18H15FN2OS/c19-15-9-5-4-8-14(15)16-12-23-18(21-16)10-17(22)20-11-13-6-2-1-3-7-13/h1-9,12H,10-11H2,(H,20,22). The molecule has 1 amide bonds. The summed E-state index contributed by atoms with van der Waals surface area (Å²) in [6.07, 6.45) is 0.200. The predicted molar refractivity (Wildman–Crippen MR) is 89.5 cm³/mol. The highest BCUT2D eigenvalue weighted by Gasteiger charge is 2.11. The van der Waals surface area contributed by atoms with E-state index < -0.39 is 0 Å². The molecule has 3 rings (SSSR count). The van der Waals surface area contributed by atoms with E-state index in [-0.39, 0.29) is 18.1 Å². The molecule has 3 nitrogen and oxygen atoms in total. The number of nitrogens with zero attached hydrogens (tertiary/aromatic N) is 1. The van der Waals surface area contributed by atoms with Crippen molar-refractivity contribution in [2.45, 2.75) is 13.0 Å². The maximum atomic E-state index is 13.7. The fraction of sp³-hybridized carbons (Fsp3) is 0.111. The second-order valence-corrected chi connectivity index (χ2v) is 5.99. The van der Waals surface area contributed by atoms with Crippen LogP contribution < -0.4 is 5.32 Å². The van der Waals surface area contributed by atoms with Crippen molar-refractivity contribution in [2.24, 2.45) is 0 Å². The average Bonchev–Trinajstić information content (AvgIpc) is 3.02. The van der Waals surface area contributed by atoms with Gasteiger partial charge in [-0.15, -0.1) is 11.3 Å². The van der Waals surface area contributed by atoms with Crippen molar-refractivity contribution in [1.82, 2.24) is 10.3 Å². The van der Waals surface area contributed by atoms with Crippen LogP contribution in [0.3, 0.4) is 0 Å². The molecule has 1 aromatic heterocycles. The first kappa shape index (κ1) is 15.4.